The van der Waals surface area contributed by atoms with Crippen LogP contribution in [0.4, 0.5) is 10.1 Å². The lowest BCUT2D eigenvalue weighted by molar-refractivity contribution is -0.116. The number of anilines is 1. The van der Waals surface area contributed by atoms with Crippen molar-refractivity contribution in [1.82, 2.24) is 4.31 Å². The van der Waals surface area contributed by atoms with Crippen LogP contribution in [0.3, 0.4) is 0 Å². The van der Waals surface area contributed by atoms with Gasteiger partial charge in [0, 0.05) is 22.3 Å². The summed E-state index contributed by atoms with van der Waals surface area (Å²) in [4.78, 5) is 12.5. The molecule has 0 bridgehead atoms. The molecule has 0 aliphatic rings. The summed E-state index contributed by atoms with van der Waals surface area (Å²) in [5, 5.41) is 3.27. The van der Waals surface area contributed by atoms with Crippen molar-refractivity contribution in [2.24, 2.45) is 0 Å². The summed E-state index contributed by atoms with van der Waals surface area (Å²) in [6.45, 7) is -0.617. The minimum atomic E-state index is -4.05. The SMILES string of the molecule is O=C(CN(Cc1ccccc1Cl)S(=O)(=O)c1ccc(Cl)cc1)Nc1cccc(F)c1. The average molecular weight is 467 g/mol. The largest absolute Gasteiger partial charge is 0.325 e. The first-order valence-electron chi connectivity index (χ1n) is 8.80. The molecular formula is C21H17Cl2FN2O3S. The van der Waals surface area contributed by atoms with E-state index < -0.39 is 28.3 Å². The lowest BCUT2D eigenvalue weighted by atomic mass is 10.2. The van der Waals surface area contributed by atoms with Crippen LogP contribution in [0.1, 0.15) is 5.56 Å². The number of halogens is 3. The van der Waals surface area contributed by atoms with Gasteiger partial charge in [0.2, 0.25) is 15.9 Å². The fraction of sp³-hybridized carbons (Fsp3) is 0.0952. The zero-order valence-electron chi connectivity index (χ0n) is 15.6. The Morgan fingerprint density at radius 3 is 2.33 bits per heavy atom. The molecule has 0 radical (unpaired) electrons. The fourth-order valence-corrected chi connectivity index (χ4v) is 4.42. The van der Waals surface area contributed by atoms with Crippen LogP contribution < -0.4 is 5.32 Å². The third kappa shape index (κ3) is 5.58. The number of sulfonamides is 1. The zero-order valence-corrected chi connectivity index (χ0v) is 17.9. The summed E-state index contributed by atoms with van der Waals surface area (Å²) in [5.74, 6) is -1.14. The van der Waals surface area contributed by atoms with E-state index in [1.54, 1.807) is 24.3 Å². The molecule has 0 fully saturated rings. The van der Waals surface area contributed by atoms with E-state index in [1.165, 1.54) is 42.5 Å². The Morgan fingerprint density at radius 2 is 1.67 bits per heavy atom. The van der Waals surface area contributed by atoms with Gasteiger partial charge in [-0.3, -0.25) is 4.79 Å². The number of nitrogens with zero attached hydrogens (tertiary/aromatic N) is 1. The van der Waals surface area contributed by atoms with Crippen molar-refractivity contribution in [3.05, 3.63) is 94.2 Å². The van der Waals surface area contributed by atoms with Crippen LogP contribution in [-0.4, -0.2) is 25.2 Å². The first kappa shape index (κ1) is 22.2. The number of amides is 1. The molecule has 0 unspecified atom stereocenters. The fourth-order valence-electron chi connectivity index (χ4n) is 2.73. The van der Waals surface area contributed by atoms with Crippen LogP contribution in [0.15, 0.2) is 77.7 Å². The molecule has 0 atom stereocenters. The van der Waals surface area contributed by atoms with Gasteiger partial charge in [-0.25, -0.2) is 12.8 Å². The Balaban J connectivity index is 1.89. The maximum absolute atomic E-state index is 13.4. The highest BCUT2D eigenvalue weighted by atomic mass is 35.5. The van der Waals surface area contributed by atoms with Crippen LogP contribution >= 0.6 is 23.2 Å². The van der Waals surface area contributed by atoms with Crippen LogP contribution in [-0.2, 0) is 21.4 Å². The van der Waals surface area contributed by atoms with Crippen LogP contribution in [0.5, 0.6) is 0 Å². The molecule has 0 aliphatic carbocycles. The van der Waals surface area contributed by atoms with E-state index in [0.29, 0.717) is 15.6 Å². The van der Waals surface area contributed by atoms with Crippen molar-refractivity contribution in [1.29, 1.82) is 0 Å². The molecule has 9 heteroatoms. The number of carbonyl (C=O) groups excluding carboxylic acids is 1. The summed E-state index contributed by atoms with van der Waals surface area (Å²) in [6.07, 6.45) is 0. The quantitative estimate of drug-likeness (QED) is 0.534. The summed E-state index contributed by atoms with van der Waals surface area (Å²) in [7, 11) is -4.05. The molecule has 3 rings (SSSR count). The average Bonchev–Trinajstić information content (AvgIpc) is 2.69. The molecule has 3 aromatic rings. The molecule has 0 spiro atoms. The molecule has 0 heterocycles. The first-order valence-corrected chi connectivity index (χ1v) is 11.0. The predicted molar refractivity (Wildman–Crippen MR) is 116 cm³/mol. The minimum absolute atomic E-state index is 0.0162. The van der Waals surface area contributed by atoms with E-state index in [2.05, 4.69) is 5.32 Å². The van der Waals surface area contributed by atoms with Gasteiger partial charge in [0.05, 0.1) is 11.4 Å². The lowest BCUT2D eigenvalue weighted by Gasteiger charge is -2.22. The number of carbonyl (C=O) groups is 1. The smallest absolute Gasteiger partial charge is 0.243 e. The number of hydrogen-bond acceptors (Lipinski definition) is 3. The maximum atomic E-state index is 13.4. The highest BCUT2D eigenvalue weighted by Gasteiger charge is 2.27. The Morgan fingerprint density at radius 1 is 0.967 bits per heavy atom. The highest BCUT2D eigenvalue weighted by Crippen LogP contribution is 2.23. The molecule has 3 aromatic carbocycles. The lowest BCUT2D eigenvalue weighted by Crippen LogP contribution is -2.37. The van der Waals surface area contributed by atoms with E-state index in [-0.39, 0.29) is 17.1 Å². The van der Waals surface area contributed by atoms with Crippen molar-refractivity contribution >= 4 is 44.8 Å². The second-order valence-corrected chi connectivity index (χ2v) is 9.16. The molecule has 0 saturated carbocycles. The normalized spacial score (nSPS) is 11.5. The number of benzene rings is 3. The summed E-state index contributed by atoms with van der Waals surface area (Å²) in [5.41, 5.74) is 0.761. The van der Waals surface area contributed by atoms with Gasteiger partial charge in [-0.1, -0.05) is 47.5 Å². The van der Waals surface area contributed by atoms with E-state index in [4.69, 9.17) is 23.2 Å². The number of hydrogen-bond donors (Lipinski definition) is 1. The van der Waals surface area contributed by atoms with E-state index in [0.717, 1.165) is 10.4 Å². The Bertz CT molecular complexity index is 1150. The summed E-state index contributed by atoms with van der Waals surface area (Å²) < 4.78 is 40.8. The third-order valence-electron chi connectivity index (χ3n) is 4.18. The molecular weight excluding hydrogens is 450 g/mol. The van der Waals surface area contributed by atoms with Crippen LogP contribution in [0.25, 0.3) is 0 Å². The molecule has 5 nitrogen and oxygen atoms in total. The van der Waals surface area contributed by atoms with Gasteiger partial charge in [0.15, 0.2) is 0 Å². The Kier molecular flexibility index (Phi) is 7.10. The second kappa shape index (κ2) is 9.57. The number of nitrogens with one attached hydrogen (secondary N) is 1. The van der Waals surface area contributed by atoms with Gasteiger partial charge in [-0.15, -0.1) is 0 Å². The van der Waals surface area contributed by atoms with E-state index >= 15 is 0 Å². The molecule has 1 amide bonds. The summed E-state index contributed by atoms with van der Waals surface area (Å²) >= 11 is 12.0. The van der Waals surface area contributed by atoms with Crippen molar-refractivity contribution < 1.29 is 17.6 Å². The maximum Gasteiger partial charge on any atom is 0.243 e. The van der Waals surface area contributed by atoms with E-state index in [1.807, 2.05) is 0 Å². The van der Waals surface area contributed by atoms with Gasteiger partial charge in [0.1, 0.15) is 5.82 Å². The third-order valence-corrected chi connectivity index (χ3v) is 6.61. The zero-order chi connectivity index (χ0) is 21.7. The second-order valence-electron chi connectivity index (χ2n) is 6.38. The standard InChI is InChI=1S/C21H17Cl2FN2O3S/c22-16-8-10-19(11-9-16)30(28,29)26(13-15-4-1-2-7-20(15)23)14-21(27)25-18-6-3-5-17(24)12-18/h1-12H,13-14H2,(H,25,27). The molecule has 0 saturated heterocycles. The van der Waals surface area contributed by atoms with Crippen LogP contribution in [0, 0.1) is 5.82 Å². The van der Waals surface area contributed by atoms with Gasteiger partial charge in [-0.2, -0.15) is 4.31 Å². The molecule has 0 aromatic heterocycles. The minimum Gasteiger partial charge on any atom is -0.325 e. The van der Waals surface area contributed by atoms with Gasteiger partial charge < -0.3 is 5.32 Å². The van der Waals surface area contributed by atoms with E-state index in [9.17, 15) is 17.6 Å². The first-order chi connectivity index (χ1) is 14.3. The predicted octanol–water partition coefficient (Wildman–Crippen LogP) is 4.96. The van der Waals surface area contributed by atoms with Gasteiger partial charge in [-0.05, 0) is 54.1 Å². The van der Waals surface area contributed by atoms with Crippen molar-refractivity contribution in [2.75, 3.05) is 11.9 Å². The molecule has 156 valence electrons. The Hall–Kier alpha value is -2.45. The monoisotopic (exact) mass is 466 g/mol. The van der Waals surface area contributed by atoms with Crippen LogP contribution in [0.2, 0.25) is 10.0 Å². The molecule has 30 heavy (non-hydrogen) atoms. The topological polar surface area (TPSA) is 66.5 Å². The molecule has 1 N–H and O–H groups in total. The van der Waals surface area contributed by atoms with Crippen molar-refractivity contribution in [2.45, 2.75) is 11.4 Å². The van der Waals surface area contributed by atoms with Crippen molar-refractivity contribution in [3.63, 3.8) is 0 Å². The molecule has 0 aliphatic heterocycles. The number of rotatable bonds is 7. The van der Waals surface area contributed by atoms with Crippen molar-refractivity contribution in [3.8, 4) is 0 Å². The Labute approximate surface area is 184 Å². The van der Waals surface area contributed by atoms with Gasteiger partial charge in [0.25, 0.3) is 0 Å². The van der Waals surface area contributed by atoms with Gasteiger partial charge >= 0.3 is 0 Å². The highest BCUT2D eigenvalue weighted by molar-refractivity contribution is 7.89. The summed E-state index contributed by atoms with van der Waals surface area (Å²) in [6, 6.07) is 17.7.